The van der Waals surface area contributed by atoms with Crippen LogP contribution < -0.4 is 10.6 Å². The summed E-state index contributed by atoms with van der Waals surface area (Å²) < 4.78 is 17.8. The molecule has 5 nitrogen and oxygen atoms in total. The van der Waals surface area contributed by atoms with Crippen molar-refractivity contribution < 1.29 is 18.7 Å². The Kier molecular flexibility index (Phi) is 6.91. The second kappa shape index (κ2) is 9.15. The van der Waals surface area contributed by atoms with Gasteiger partial charge in [-0.3, -0.25) is 9.59 Å². The third-order valence-electron chi connectivity index (χ3n) is 3.32. The third-order valence-corrected chi connectivity index (χ3v) is 3.73. The summed E-state index contributed by atoms with van der Waals surface area (Å²) in [7, 11) is 0. The second-order valence-electron chi connectivity index (χ2n) is 5.41. The van der Waals surface area contributed by atoms with E-state index in [9.17, 15) is 14.0 Å². The number of amides is 2. The first kappa shape index (κ1) is 18.9. The molecule has 132 valence electrons. The Hall–Kier alpha value is -2.44. The lowest BCUT2D eigenvalue weighted by atomic mass is 10.2. The van der Waals surface area contributed by atoms with E-state index in [0.717, 1.165) is 11.1 Å². The Balaban J connectivity index is 1.67. The highest BCUT2D eigenvalue weighted by Crippen LogP contribution is 2.19. The summed E-state index contributed by atoms with van der Waals surface area (Å²) in [5, 5.41) is 5.81. The minimum absolute atomic E-state index is 0.247. The number of hydrogen-bond acceptors (Lipinski definition) is 3. The maximum atomic E-state index is 12.8. The molecule has 0 fully saturated rings. The molecule has 0 saturated heterocycles. The molecule has 0 aliphatic heterocycles. The number of carbonyl (C=O) groups is 2. The van der Waals surface area contributed by atoms with E-state index in [-0.39, 0.29) is 37.4 Å². The summed E-state index contributed by atoms with van der Waals surface area (Å²) in [6, 6.07) is 11.0. The molecule has 0 aromatic heterocycles. The van der Waals surface area contributed by atoms with E-state index in [1.54, 1.807) is 30.3 Å². The summed E-state index contributed by atoms with van der Waals surface area (Å²) in [6.07, 6.45) is 0. The molecule has 0 radical (unpaired) electrons. The molecule has 0 unspecified atom stereocenters. The molecule has 2 rings (SSSR count). The van der Waals surface area contributed by atoms with Gasteiger partial charge < -0.3 is 15.4 Å². The first-order valence-electron chi connectivity index (χ1n) is 7.59. The van der Waals surface area contributed by atoms with E-state index < -0.39 is 0 Å². The van der Waals surface area contributed by atoms with Crippen molar-refractivity contribution >= 4 is 29.1 Å². The summed E-state index contributed by atoms with van der Waals surface area (Å²) in [6.45, 7) is 1.62. The van der Waals surface area contributed by atoms with Crippen LogP contribution in [-0.4, -0.2) is 25.0 Å². The van der Waals surface area contributed by atoms with Gasteiger partial charge in [0.15, 0.2) is 0 Å². The monoisotopic (exact) mass is 364 g/mol. The van der Waals surface area contributed by atoms with Crippen LogP contribution >= 0.6 is 11.6 Å². The molecule has 0 aliphatic carbocycles. The van der Waals surface area contributed by atoms with E-state index in [1.807, 2.05) is 6.92 Å². The van der Waals surface area contributed by atoms with Crippen LogP contribution in [0.4, 0.5) is 10.1 Å². The minimum atomic E-state index is -0.383. The molecule has 25 heavy (non-hydrogen) atoms. The second-order valence-corrected chi connectivity index (χ2v) is 5.82. The molecule has 0 atom stereocenters. The standard InChI is InChI=1S/C18H18ClFN2O3/c1-12-2-7-15(8-16(12)19)22-18(24)11-25-10-17(23)21-9-13-3-5-14(20)6-4-13/h2-8H,9-11H2,1H3,(H,21,23)(H,22,24). The largest absolute Gasteiger partial charge is 0.362 e. The van der Waals surface area contributed by atoms with Crippen LogP contribution in [0.25, 0.3) is 0 Å². The Morgan fingerprint density at radius 2 is 1.76 bits per heavy atom. The number of halogens is 2. The Labute approximate surface area is 150 Å². The molecule has 2 N–H and O–H groups in total. The van der Waals surface area contributed by atoms with Gasteiger partial charge >= 0.3 is 0 Å². The summed E-state index contributed by atoms with van der Waals surface area (Å²) in [5.41, 5.74) is 2.24. The Bertz CT molecular complexity index is 750. The highest BCUT2D eigenvalue weighted by Gasteiger charge is 2.07. The maximum absolute atomic E-state index is 12.8. The van der Waals surface area contributed by atoms with Gasteiger partial charge in [0.1, 0.15) is 19.0 Å². The SMILES string of the molecule is Cc1ccc(NC(=O)COCC(=O)NCc2ccc(F)cc2)cc1Cl. The molecular weight excluding hydrogens is 347 g/mol. The molecule has 7 heteroatoms. The third kappa shape index (κ3) is 6.52. The van der Waals surface area contributed by atoms with Gasteiger partial charge in [0.2, 0.25) is 11.8 Å². The molecule has 0 spiro atoms. The van der Waals surface area contributed by atoms with Crippen LogP contribution in [-0.2, 0) is 20.9 Å². The van der Waals surface area contributed by atoms with Gasteiger partial charge in [-0.05, 0) is 42.3 Å². The van der Waals surface area contributed by atoms with Gasteiger partial charge in [-0.15, -0.1) is 0 Å². The van der Waals surface area contributed by atoms with Crippen LogP contribution in [0.1, 0.15) is 11.1 Å². The van der Waals surface area contributed by atoms with E-state index >= 15 is 0 Å². The number of benzene rings is 2. The van der Waals surface area contributed by atoms with E-state index in [1.165, 1.54) is 12.1 Å². The zero-order valence-electron chi connectivity index (χ0n) is 13.6. The van der Waals surface area contributed by atoms with Gasteiger partial charge in [-0.1, -0.05) is 29.8 Å². The van der Waals surface area contributed by atoms with Crippen molar-refractivity contribution in [3.05, 3.63) is 64.4 Å². The lowest BCUT2D eigenvalue weighted by Crippen LogP contribution is -2.29. The van der Waals surface area contributed by atoms with E-state index in [2.05, 4.69) is 10.6 Å². The number of carbonyl (C=O) groups excluding carboxylic acids is 2. The number of aryl methyl sites for hydroxylation is 1. The van der Waals surface area contributed by atoms with Gasteiger partial charge in [-0.2, -0.15) is 0 Å². The van der Waals surface area contributed by atoms with Crippen molar-refractivity contribution in [1.82, 2.24) is 5.32 Å². The fourth-order valence-corrected chi connectivity index (χ4v) is 2.14. The highest BCUT2D eigenvalue weighted by atomic mass is 35.5. The number of rotatable bonds is 7. The molecule has 0 bridgehead atoms. The van der Waals surface area contributed by atoms with Crippen molar-refractivity contribution in [1.29, 1.82) is 0 Å². The topological polar surface area (TPSA) is 67.4 Å². The smallest absolute Gasteiger partial charge is 0.250 e. The van der Waals surface area contributed by atoms with Crippen LogP contribution in [0.15, 0.2) is 42.5 Å². The zero-order chi connectivity index (χ0) is 18.2. The van der Waals surface area contributed by atoms with E-state index in [4.69, 9.17) is 16.3 Å². The Morgan fingerprint density at radius 3 is 2.44 bits per heavy atom. The predicted molar refractivity (Wildman–Crippen MR) is 93.9 cm³/mol. The average molecular weight is 365 g/mol. The molecular formula is C18H18ClFN2O3. The van der Waals surface area contributed by atoms with Crippen LogP contribution in [0.3, 0.4) is 0 Å². The quantitative estimate of drug-likeness (QED) is 0.793. The normalized spacial score (nSPS) is 10.4. The van der Waals surface area contributed by atoms with Gasteiger partial charge in [0.05, 0.1) is 0 Å². The molecule has 2 amide bonds. The summed E-state index contributed by atoms with van der Waals surface area (Å²) in [5.74, 6) is -1.08. The molecule has 0 heterocycles. The van der Waals surface area contributed by atoms with Crippen molar-refractivity contribution in [2.45, 2.75) is 13.5 Å². The van der Waals surface area contributed by atoms with Crippen LogP contribution in [0.5, 0.6) is 0 Å². The number of anilines is 1. The fraction of sp³-hybridized carbons (Fsp3) is 0.222. The van der Waals surface area contributed by atoms with Crippen molar-refractivity contribution in [3.63, 3.8) is 0 Å². The zero-order valence-corrected chi connectivity index (χ0v) is 14.4. The first-order valence-corrected chi connectivity index (χ1v) is 7.97. The highest BCUT2D eigenvalue weighted by molar-refractivity contribution is 6.31. The van der Waals surface area contributed by atoms with Crippen molar-refractivity contribution in [2.75, 3.05) is 18.5 Å². The molecule has 0 aliphatic rings. The number of hydrogen-bond donors (Lipinski definition) is 2. The Morgan fingerprint density at radius 1 is 1.08 bits per heavy atom. The van der Waals surface area contributed by atoms with Gasteiger partial charge in [0.25, 0.3) is 0 Å². The van der Waals surface area contributed by atoms with Gasteiger partial charge in [-0.25, -0.2) is 4.39 Å². The van der Waals surface area contributed by atoms with E-state index in [0.29, 0.717) is 10.7 Å². The predicted octanol–water partition coefficient (Wildman–Crippen LogP) is 3.06. The number of nitrogens with one attached hydrogen (secondary N) is 2. The number of ether oxygens (including phenoxy) is 1. The van der Waals surface area contributed by atoms with Crippen molar-refractivity contribution in [2.24, 2.45) is 0 Å². The summed E-state index contributed by atoms with van der Waals surface area (Å²) in [4.78, 5) is 23.4. The maximum Gasteiger partial charge on any atom is 0.250 e. The lowest BCUT2D eigenvalue weighted by molar-refractivity contribution is -0.128. The average Bonchev–Trinajstić information content (AvgIpc) is 2.58. The molecule has 0 saturated carbocycles. The fourth-order valence-electron chi connectivity index (χ4n) is 1.96. The molecule has 2 aromatic rings. The van der Waals surface area contributed by atoms with Crippen molar-refractivity contribution in [3.8, 4) is 0 Å². The minimum Gasteiger partial charge on any atom is -0.362 e. The lowest BCUT2D eigenvalue weighted by Gasteiger charge is -2.08. The summed E-state index contributed by atoms with van der Waals surface area (Å²) >= 11 is 5.98. The van der Waals surface area contributed by atoms with Crippen LogP contribution in [0, 0.1) is 12.7 Å². The van der Waals surface area contributed by atoms with Gasteiger partial charge in [0, 0.05) is 17.3 Å². The molecule has 2 aromatic carbocycles. The first-order chi connectivity index (χ1) is 11.9. The van der Waals surface area contributed by atoms with Crippen LogP contribution in [0.2, 0.25) is 5.02 Å².